The smallest absolute Gasteiger partial charge is 0.294 e. The van der Waals surface area contributed by atoms with Crippen LogP contribution in [0.1, 0.15) is 16.8 Å². The van der Waals surface area contributed by atoms with Gasteiger partial charge in [0.1, 0.15) is 5.82 Å². The normalized spacial score (nSPS) is 11.4. The van der Waals surface area contributed by atoms with E-state index in [-0.39, 0.29) is 10.0 Å². The van der Waals surface area contributed by atoms with Gasteiger partial charge in [0.15, 0.2) is 5.78 Å². The summed E-state index contributed by atoms with van der Waals surface area (Å²) in [6.07, 6.45) is -6.32. The van der Waals surface area contributed by atoms with Crippen LogP contribution in [0.5, 0.6) is 0 Å². The van der Waals surface area contributed by atoms with Gasteiger partial charge in [-0.1, -0.05) is 0 Å². The number of ketones is 2. The van der Waals surface area contributed by atoms with E-state index in [2.05, 4.69) is 15.9 Å². The minimum absolute atomic E-state index is 0.0116. The lowest BCUT2D eigenvalue weighted by atomic mass is 10.1. The van der Waals surface area contributed by atoms with Crippen molar-refractivity contribution in [1.29, 1.82) is 0 Å². The first-order valence-electron chi connectivity index (χ1n) is 4.30. The van der Waals surface area contributed by atoms with Gasteiger partial charge in [-0.15, -0.1) is 0 Å². The lowest BCUT2D eigenvalue weighted by Gasteiger charge is -2.05. The molecule has 0 aliphatic rings. The van der Waals surface area contributed by atoms with Crippen LogP contribution in [0.25, 0.3) is 0 Å². The molecule has 0 unspecified atom stereocenters. The first-order chi connectivity index (χ1) is 7.71. The molecule has 0 saturated carbocycles. The van der Waals surface area contributed by atoms with Gasteiger partial charge in [0.25, 0.3) is 0 Å². The lowest BCUT2D eigenvalue weighted by Crippen LogP contribution is -2.25. The number of rotatable bonds is 3. The van der Waals surface area contributed by atoms with Crippen LogP contribution in [0, 0.1) is 5.82 Å². The first kappa shape index (κ1) is 13.8. The van der Waals surface area contributed by atoms with Crippen molar-refractivity contribution >= 4 is 27.5 Å². The Kier molecular flexibility index (Phi) is 4.03. The van der Waals surface area contributed by atoms with Crippen LogP contribution in [0.15, 0.2) is 22.7 Å². The van der Waals surface area contributed by atoms with Crippen molar-refractivity contribution in [2.45, 2.75) is 12.6 Å². The van der Waals surface area contributed by atoms with Crippen molar-refractivity contribution in [3.63, 3.8) is 0 Å². The van der Waals surface area contributed by atoms with E-state index in [1.165, 1.54) is 0 Å². The summed E-state index contributed by atoms with van der Waals surface area (Å²) in [5, 5.41) is 0. The molecular formula is C10H5BrF4O2. The van der Waals surface area contributed by atoms with Gasteiger partial charge in [0, 0.05) is 10.0 Å². The topological polar surface area (TPSA) is 34.1 Å². The maximum atomic E-state index is 12.7. The van der Waals surface area contributed by atoms with Gasteiger partial charge in [-0.25, -0.2) is 4.39 Å². The molecule has 0 saturated heterocycles. The highest BCUT2D eigenvalue weighted by Crippen LogP contribution is 2.23. The SMILES string of the molecule is O=C(CC(=O)C(F)(F)F)c1ccc(F)cc1Br. The molecule has 0 spiro atoms. The number of benzene rings is 1. The predicted octanol–water partition coefficient (Wildman–Crippen LogP) is 3.29. The highest BCUT2D eigenvalue weighted by Gasteiger charge is 2.39. The summed E-state index contributed by atoms with van der Waals surface area (Å²) in [6.45, 7) is 0. The molecule has 0 bridgehead atoms. The number of hydrogen-bond acceptors (Lipinski definition) is 2. The second kappa shape index (κ2) is 4.95. The molecule has 1 aromatic rings. The molecule has 92 valence electrons. The largest absolute Gasteiger partial charge is 0.450 e. The van der Waals surface area contributed by atoms with E-state index in [0.717, 1.165) is 18.2 Å². The molecule has 0 heterocycles. The third-order valence-electron chi connectivity index (χ3n) is 1.87. The molecule has 17 heavy (non-hydrogen) atoms. The predicted molar refractivity (Wildman–Crippen MR) is 54.1 cm³/mol. The van der Waals surface area contributed by atoms with Crippen molar-refractivity contribution in [2.75, 3.05) is 0 Å². The van der Waals surface area contributed by atoms with Crippen LogP contribution in [0.3, 0.4) is 0 Å². The molecule has 2 nitrogen and oxygen atoms in total. The van der Waals surface area contributed by atoms with E-state index in [4.69, 9.17) is 0 Å². The Labute approximate surface area is 102 Å². The van der Waals surface area contributed by atoms with Gasteiger partial charge in [-0.05, 0) is 34.1 Å². The van der Waals surface area contributed by atoms with Crippen LogP contribution < -0.4 is 0 Å². The minimum atomic E-state index is -5.04. The van der Waals surface area contributed by atoms with Gasteiger partial charge in [-0.2, -0.15) is 13.2 Å². The number of halogens is 5. The van der Waals surface area contributed by atoms with Crippen LogP contribution >= 0.6 is 15.9 Å². The highest BCUT2D eigenvalue weighted by molar-refractivity contribution is 9.10. The van der Waals surface area contributed by atoms with Crippen LogP contribution in [0.2, 0.25) is 0 Å². The fourth-order valence-electron chi connectivity index (χ4n) is 1.06. The lowest BCUT2D eigenvalue weighted by molar-refractivity contribution is -0.170. The third kappa shape index (κ3) is 3.62. The number of alkyl halides is 3. The van der Waals surface area contributed by atoms with Crippen LogP contribution in [-0.4, -0.2) is 17.7 Å². The molecule has 0 aromatic heterocycles. The van der Waals surface area contributed by atoms with Gasteiger partial charge in [-0.3, -0.25) is 9.59 Å². The van der Waals surface area contributed by atoms with Gasteiger partial charge >= 0.3 is 6.18 Å². The minimum Gasteiger partial charge on any atom is -0.294 e. The maximum Gasteiger partial charge on any atom is 0.450 e. The number of hydrogen-bond donors (Lipinski definition) is 0. The Balaban J connectivity index is 2.88. The summed E-state index contributed by atoms with van der Waals surface area (Å²) in [5.74, 6) is -3.78. The number of Topliss-reactive ketones (excluding diaryl/α,β-unsaturated/α-hetero) is 2. The molecule has 0 aliphatic heterocycles. The quantitative estimate of drug-likeness (QED) is 0.487. The fraction of sp³-hybridized carbons (Fsp3) is 0.200. The summed E-state index contributed by atoms with van der Waals surface area (Å²) in [7, 11) is 0. The highest BCUT2D eigenvalue weighted by atomic mass is 79.9. The Bertz CT molecular complexity index is 468. The second-order valence-corrected chi connectivity index (χ2v) is 4.00. The van der Waals surface area contributed by atoms with Crippen molar-refractivity contribution in [3.8, 4) is 0 Å². The zero-order valence-electron chi connectivity index (χ0n) is 8.15. The standard InChI is InChI=1S/C10H5BrF4O2/c11-7-3-5(12)1-2-6(7)8(16)4-9(17)10(13,14)15/h1-3H,4H2. The summed E-state index contributed by atoms with van der Waals surface area (Å²) in [4.78, 5) is 22.0. The Hall–Kier alpha value is -1.24. The van der Waals surface area contributed by atoms with E-state index in [0.29, 0.717) is 0 Å². The van der Waals surface area contributed by atoms with E-state index in [1.807, 2.05) is 0 Å². The molecule has 1 rings (SSSR count). The van der Waals surface area contributed by atoms with Crippen LogP contribution in [0.4, 0.5) is 17.6 Å². The molecule has 0 radical (unpaired) electrons. The van der Waals surface area contributed by atoms with Crippen molar-refractivity contribution in [1.82, 2.24) is 0 Å². The van der Waals surface area contributed by atoms with E-state index in [9.17, 15) is 27.2 Å². The Morgan fingerprint density at radius 2 is 1.82 bits per heavy atom. The Morgan fingerprint density at radius 3 is 2.29 bits per heavy atom. The molecule has 7 heteroatoms. The summed E-state index contributed by atoms with van der Waals surface area (Å²) >= 11 is 2.83. The second-order valence-electron chi connectivity index (χ2n) is 3.15. The zero-order valence-corrected chi connectivity index (χ0v) is 9.73. The molecule has 0 atom stereocenters. The third-order valence-corrected chi connectivity index (χ3v) is 2.52. The van der Waals surface area contributed by atoms with E-state index < -0.39 is 30.0 Å². The Morgan fingerprint density at radius 1 is 1.24 bits per heavy atom. The molecular weight excluding hydrogens is 308 g/mol. The van der Waals surface area contributed by atoms with Gasteiger partial charge < -0.3 is 0 Å². The first-order valence-corrected chi connectivity index (χ1v) is 5.09. The monoisotopic (exact) mass is 312 g/mol. The summed E-state index contributed by atoms with van der Waals surface area (Å²) in [5.41, 5.74) is -0.163. The van der Waals surface area contributed by atoms with E-state index in [1.54, 1.807) is 0 Å². The molecule has 1 aromatic carbocycles. The summed E-state index contributed by atoms with van der Waals surface area (Å²) in [6, 6.07) is 2.88. The van der Waals surface area contributed by atoms with Gasteiger partial charge in [0.2, 0.25) is 5.78 Å². The van der Waals surface area contributed by atoms with Gasteiger partial charge in [0.05, 0.1) is 6.42 Å². The molecule has 0 aliphatic carbocycles. The molecule has 0 amide bonds. The maximum absolute atomic E-state index is 12.7. The van der Waals surface area contributed by atoms with E-state index >= 15 is 0 Å². The average molecular weight is 313 g/mol. The number of carbonyl (C=O) groups excluding carboxylic acids is 2. The average Bonchev–Trinajstić information content (AvgIpc) is 2.15. The summed E-state index contributed by atoms with van der Waals surface area (Å²) < 4.78 is 48.4. The van der Waals surface area contributed by atoms with Crippen molar-refractivity contribution < 1.29 is 27.2 Å². The fourth-order valence-corrected chi connectivity index (χ4v) is 1.63. The molecule has 0 fully saturated rings. The van der Waals surface area contributed by atoms with Crippen LogP contribution in [-0.2, 0) is 4.79 Å². The van der Waals surface area contributed by atoms with Crippen molar-refractivity contribution in [2.24, 2.45) is 0 Å². The molecule has 0 N–H and O–H groups in total. The zero-order chi connectivity index (χ0) is 13.2. The van der Waals surface area contributed by atoms with Crippen molar-refractivity contribution in [3.05, 3.63) is 34.1 Å². The number of carbonyl (C=O) groups is 2.